The molecule has 1 saturated carbocycles. The van der Waals surface area contributed by atoms with Crippen molar-refractivity contribution in [1.29, 1.82) is 0 Å². The molecule has 4 aromatic rings. The van der Waals surface area contributed by atoms with E-state index in [4.69, 9.17) is 16.1 Å². The van der Waals surface area contributed by atoms with Crippen LogP contribution in [0.4, 0.5) is 5.13 Å². The van der Waals surface area contributed by atoms with Gasteiger partial charge in [0.05, 0.1) is 21.3 Å². The van der Waals surface area contributed by atoms with Gasteiger partial charge in [-0.3, -0.25) is 4.79 Å². The van der Waals surface area contributed by atoms with Crippen LogP contribution in [0, 0.1) is 6.92 Å². The molecule has 0 atom stereocenters. The summed E-state index contributed by atoms with van der Waals surface area (Å²) in [5, 5.41) is 8.44. The summed E-state index contributed by atoms with van der Waals surface area (Å²) in [6.07, 6.45) is 1.49. The van der Waals surface area contributed by atoms with Crippen molar-refractivity contribution in [2.45, 2.75) is 25.2 Å². The number of benzene rings is 2. The number of nitrogens with one attached hydrogen (secondary N) is 1. The monoisotopic (exact) mass is 409 g/mol. The van der Waals surface area contributed by atoms with Gasteiger partial charge in [0.25, 0.3) is 0 Å². The molecule has 0 radical (unpaired) electrons. The minimum atomic E-state index is -0.638. The summed E-state index contributed by atoms with van der Waals surface area (Å²) >= 11 is 7.42. The number of anilines is 1. The number of hydrogen-bond donors (Lipinski definition) is 1. The van der Waals surface area contributed by atoms with Crippen molar-refractivity contribution < 1.29 is 9.32 Å². The van der Waals surface area contributed by atoms with Crippen molar-refractivity contribution in [3.8, 4) is 11.3 Å². The van der Waals surface area contributed by atoms with Crippen molar-refractivity contribution in [3.05, 3.63) is 64.8 Å². The normalized spacial score (nSPS) is 14.9. The maximum Gasteiger partial charge on any atom is 0.238 e. The SMILES string of the molecule is Cc1cccc2sc(NC(=O)C3(c4cc(-c5ccc(Cl)cc5)on4)CC3)nc12. The van der Waals surface area contributed by atoms with E-state index in [1.807, 2.05) is 43.3 Å². The van der Waals surface area contributed by atoms with Crippen LogP contribution in [0.1, 0.15) is 24.1 Å². The van der Waals surface area contributed by atoms with E-state index in [1.165, 1.54) is 11.3 Å². The van der Waals surface area contributed by atoms with E-state index >= 15 is 0 Å². The fourth-order valence-corrected chi connectivity index (χ4v) is 4.40. The third-order valence-corrected chi connectivity index (χ3v) is 6.34. The fraction of sp³-hybridized carbons (Fsp3) is 0.190. The largest absolute Gasteiger partial charge is 0.356 e. The van der Waals surface area contributed by atoms with Crippen LogP contribution in [0.25, 0.3) is 21.5 Å². The molecule has 5 rings (SSSR count). The van der Waals surface area contributed by atoms with Crippen molar-refractivity contribution in [2.75, 3.05) is 5.32 Å². The highest BCUT2D eigenvalue weighted by Crippen LogP contribution is 2.49. The Bertz CT molecular complexity index is 1190. The minimum Gasteiger partial charge on any atom is -0.356 e. The zero-order valence-electron chi connectivity index (χ0n) is 15.0. The molecule has 0 bridgehead atoms. The first-order valence-corrected chi connectivity index (χ1v) is 10.2. The van der Waals surface area contributed by atoms with Gasteiger partial charge in [-0.2, -0.15) is 0 Å². The van der Waals surface area contributed by atoms with E-state index in [1.54, 1.807) is 12.1 Å². The third kappa shape index (κ3) is 2.89. The van der Waals surface area contributed by atoms with Gasteiger partial charge in [-0.15, -0.1) is 0 Å². The number of fused-ring (bicyclic) bond motifs is 1. The van der Waals surface area contributed by atoms with Crippen LogP contribution < -0.4 is 5.32 Å². The molecule has 140 valence electrons. The standard InChI is InChI=1S/C21H16ClN3O2S/c1-12-3-2-4-16-18(12)23-20(28-16)24-19(26)21(9-10-21)17-11-15(27-25-17)13-5-7-14(22)8-6-13/h2-8,11H,9-10H2,1H3,(H,23,24,26). The number of amides is 1. The zero-order valence-corrected chi connectivity index (χ0v) is 16.6. The van der Waals surface area contributed by atoms with E-state index < -0.39 is 5.41 Å². The Labute approximate surface area is 170 Å². The Morgan fingerprint density at radius 3 is 2.71 bits per heavy atom. The van der Waals surface area contributed by atoms with Gasteiger partial charge in [-0.25, -0.2) is 4.98 Å². The van der Waals surface area contributed by atoms with E-state index in [-0.39, 0.29) is 5.91 Å². The third-order valence-electron chi connectivity index (χ3n) is 5.16. The molecular formula is C21H16ClN3O2S. The van der Waals surface area contributed by atoms with Crippen LogP contribution >= 0.6 is 22.9 Å². The van der Waals surface area contributed by atoms with Crippen molar-refractivity contribution in [2.24, 2.45) is 0 Å². The molecular weight excluding hydrogens is 394 g/mol. The van der Waals surface area contributed by atoms with Crippen LogP contribution in [-0.2, 0) is 10.2 Å². The number of aromatic nitrogens is 2. The molecule has 1 amide bonds. The van der Waals surface area contributed by atoms with E-state index in [0.717, 1.165) is 34.2 Å². The van der Waals surface area contributed by atoms with Crippen molar-refractivity contribution >= 4 is 44.2 Å². The Morgan fingerprint density at radius 2 is 2.00 bits per heavy atom. The lowest BCUT2D eigenvalue weighted by atomic mass is 10.0. The number of hydrogen-bond acceptors (Lipinski definition) is 5. The number of carbonyl (C=O) groups excluding carboxylic acids is 1. The van der Waals surface area contributed by atoms with Crippen molar-refractivity contribution in [3.63, 3.8) is 0 Å². The highest BCUT2D eigenvalue weighted by atomic mass is 35.5. The number of rotatable bonds is 4. The molecule has 2 aromatic carbocycles. The molecule has 1 fully saturated rings. The van der Waals surface area contributed by atoms with Crippen molar-refractivity contribution in [1.82, 2.24) is 10.1 Å². The first kappa shape index (κ1) is 17.4. The van der Waals surface area contributed by atoms with Crippen LogP contribution in [0.15, 0.2) is 53.1 Å². The predicted molar refractivity (Wildman–Crippen MR) is 111 cm³/mol. The molecule has 5 nitrogen and oxygen atoms in total. The smallest absolute Gasteiger partial charge is 0.238 e. The van der Waals surface area contributed by atoms with Crippen LogP contribution in [0.5, 0.6) is 0 Å². The second-order valence-corrected chi connectivity index (χ2v) is 8.53. The summed E-state index contributed by atoms with van der Waals surface area (Å²) in [5.41, 5.74) is 2.92. The van der Waals surface area contributed by atoms with Gasteiger partial charge < -0.3 is 9.84 Å². The average Bonchev–Trinajstić information content (AvgIpc) is 3.15. The minimum absolute atomic E-state index is 0.0832. The van der Waals surface area contributed by atoms with Crippen LogP contribution in [0.3, 0.4) is 0 Å². The maximum atomic E-state index is 13.0. The maximum absolute atomic E-state index is 13.0. The Balaban J connectivity index is 1.40. The first-order chi connectivity index (χ1) is 13.5. The van der Waals surface area contributed by atoms with Crippen LogP contribution in [0.2, 0.25) is 5.02 Å². The molecule has 1 N–H and O–H groups in total. The van der Waals surface area contributed by atoms with Gasteiger partial charge in [0.1, 0.15) is 0 Å². The molecule has 2 aromatic heterocycles. The molecule has 0 unspecified atom stereocenters. The number of para-hydroxylation sites is 1. The number of carbonyl (C=O) groups is 1. The van der Waals surface area contributed by atoms with Gasteiger partial charge in [0, 0.05) is 16.7 Å². The number of aryl methyl sites for hydroxylation is 1. The number of halogens is 1. The Kier molecular flexibility index (Phi) is 4.00. The van der Waals surface area contributed by atoms with Gasteiger partial charge in [-0.05, 0) is 55.7 Å². The summed E-state index contributed by atoms with van der Waals surface area (Å²) in [5.74, 6) is 0.543. The highest BCUT2D eigenvalue weighted by Gasteiger charge is 2.54. The van der Waals surface area contributed by atoms with Gasteiger partial charge >= 0.3 is 0 Å². The van der Waals surface area contributed by atoms with Crippen LogP contribution in [-0.4, -0.2) is 16.0 Å². The molecule has 0 spiro atoms. The summed E-state index contributed by atoms with van der Waals surface area (Å²) in [7, 11) is 0. The van der Waals surface area contributed by atoms with E-state index in [9.17, 15) is 4.79 Å². The van der Waals surface area contributed by atoms with E-state index in [0.29, 0.717) is 21.6 Å². The Morgan fingerprint density at radius 1 is 1.21 bits per heavy atom. The Hall–Kier alpha value is -2.70. The average molecular weight is 410 g/mol. The lowest BCUT2D eigenvalue weighted by Crippen LogP contribution is -2.28. The molecule has 0 aliphatic heterocycles. The fourth-order valence-electron chi connectivity index (χ4n) is 3.33. The lowest BCUT2D eigenvalue weighted by Gasteiger charge is -2.10. The zero-order chi connectivity index (χ0) is 19.3. The summed E-state index contributed by atoms with van der Waals surface area (Å²) in [6, 6.07) is 15.2. The topological polar surface area (TPSA) is 68.0 Å². The lowest BCUT2D eigenvalue weighted by molar-refractivity contribution is -0.118. The molecule has 1 aliphatic carbocycles. The molecule has 7 heteroatoms. The molecule has 28 heavy (non-hydrogen) atoms. The summed E-state index contributed by atoms with van der Waals surface area (Å²) < 4.78 is 6.56. The quantitative estimate of drug-likeness (QED) is 0.477. The molecule has 0 saturated heterocycles. The van der Waals surface area contributed by atoms with Gasteiger partial charge in [0.2, 0.25) is 5.91 Å². The van der Waals surface area contributed by atoms with Gasteiger partial charge in [0.15, 0.2) is 10.9 Å². The first-order valence-electron chi connectivity index (χ1n) is 8.96. The van der Waals surface area contributed by atoms with E-state index in [2.05, 4.69) is 15.5 Å². The molecule has 1 aliphatic rings. The van der Waals surface area contributed by atoms with Gasteiger partial charge in [-0.1, -0.05) is 40.2 Å². The second-order valence-electron chi connectivity index (χ2n) is 7.06. The predicted octanol–water partition coefficient (Wildman–Crippen LogP) is 5.58. The number of thiazole rings is 1. The summed E-state index contributed by atoms with van der Waals surface area (Å²) in [4.78, 5) is 17.6. The highest BCUT2D eigenvalue weighted by molar-refractivity contribution is 7.22. The second kappa shape index (κ2) is 6.43. The summed E-state index contributed by atoms with van der Waals surface area (Å²) in [6.45, 7) is 2.02. The molecule has 2 heterocycles. The number of nitrogens with zero attached hydrogens (tertiary/aromatic N) is 2.